The van der Waals surface area contributed by atoms with Gasteiger partial charge in [-0.1, -0.05) is 34.6 Å². The van der Waals surface area contributed by atoms with Crippen molar-refractivity contribution in [2.45, 2.75) is 86.6 Å². The Balaban J connectivity index is 3.09. The van der Waals surface area contributed by atoms with Gasteiger partial charge in [-0.25, -0.2) is 0 Å². The zero-order valence-corrected chi connectivity index (χ0v) is 14.1. The minimum atomic E-state index is -0.383. The maximum absolute atomic E-state index is 13.0. The summed E-state index contributed by atoms with van der Waals surface area (Å²) in [5.41, 5.74) is -0.444. The van der Waals surface area contributed by atoms with Gasteiger partial charge < -0.3 is 9.64 Å². The Labute approximate surface area is 118 Å². The zero-order chi connectivity index (χ0) is 15.2. The SMILES string of the molecule is CC1OC(C)C(C)N(C(=O)C(C)(C)C(C)(C)C)C1C. The molecule has 1 saturated heterocycles. The molecule has 3 heteroatoms. The van der Waals surface area contributed by atoms with E-state index in [1.54, 1.807) is 0 Å². The van der Waals surface area contributed by atoms with Crippen LogP contribution in [0.2, 0.25) is 0 Å². The summed E-state index contributed by atoms with van der Waals surface area (Å²) in [6.07, 6.45) is 0.178. The van der Waals surface area contributed by atoms with Crippen LogP contribution in [0.1, 0.15) is 62.3 Å². The van der Waals surface area contributed by atoms with Gasteiger partial charge in [-0.3, -0.25) is 4.79 Å². The van der Waals surface area contributed by atoms with Crippen LogP contribution in [0.25, 0.3) is 0 Å². The Morgan fingerprint density at radius 1 is 0.895 bits per heavy atom. The van der Waals surface area contributed by atoms with Gasteiger partial charge in [0.25, 0.3) is 0 Å². The molecular weight excluding hydrogens is 238 g/mol. The Kier molecular flexibility index (Phi) is 4.41. The molecule has 0 N–H and O–H groups in total. The zero-order valence-electron chi connectivity index (χ0n) is 14.1. The molecule has 1 heterocycles. The summed E-state index contributed by atoms with van der Waals surface area (Å²) in [5, 5.41) is 0. The lowest BCUT2D eigenvalue weighted by atomic mass is 9.68. The fourth-order valence-corrected chi connectivity index (χ4v) is 2.40. The maximum Gasteiger partial charge on any atom is 0.229 e. The minimum absolute atomic E-state index is 0.0612. The number of rotatable bonds is 1. The first-order valence-electron chi connectivity index (χ1n) is 7.39. The molecule has 0 spiro atoms. The van der Waals surface area contributed by atoms with E-state index in [1.165, 1.54) is 0 Å². The molecule has 4 atom stereocenters. The van der Waals surface area contributed by atoms with Crippen molar-refractivity contribution in [2.75, 3.05) is 0 Å². The number of ether oxygens (including phenoxy) is 1. The first kappa shape index (κ1) is 16.5. The van der Waals surface area contributed by atoms with Crippen LogP contribution in [0.5, 0.6) is 0 Å². The van der Waals surface area contributed by atoms with Gasteiger partial charge in [0.2, 0.25) is 5.91 Å². The molecule has 0 saturated carbocycles. The predicted octanol–water partition coefficient (Wildman–Crippen LogP) is 3.47. The molecule has 1 aliphatic rings. The lowest BCUT2D eigenvalue weighted by molar-refractivity contribution is -0.176. The molecule has 1 aliphatic heterocycles. The van der Waals surface area contributed by atoms with Gasteiger partial charge in [0.1, 0.15) is 0 Å². The molecule has 19 heavy (non-hydrogen) atoms. The molecule has 4 unspecified atom stereocenters. The number of hydrogen-bond donors (Lipinski definition) is 0. The lowest BCUT2D eigenvalue weighted by Crippen LogP contribution is -2.62. The molecule has 0 aromatic rings. The molecule has 0 aliphatic carbocycles. The molecule has 3 nitrogen and oxygen atoms in total. The lowest BCUT2D eigenvalue weighted by Gasteiger charge is -2.50. The van der Waals surface area contributed by atoms with Gasteiger partial charge in [0.05, 0.1) is 24.3 Å². The highest BCUT2D eigenvalue weighted by Crippen LogP contribution is 2.41. The van der Waals surface area contributed by atoms with Crippen molar-refractivity contribution in [1.82, 2.24) is 4.90 Å². The molecule has 0 radical (unpaired) electrons. The van der Waals surface area contributed by atoms with Crippen LogP contribution in [-0.4, -0.2) is 35.1 Å². The first-order chi connectivity index (χ1) is 8.41. The minimum Gasteiger partial charge on any atom is -0.371 e. The van der Waals surface area contributed by atoms with Crippen LogP contribution in [0.4, 0.5) is 0 Å². The number of morpholine rings is 1. The Morgan fingerprint density at radius 2 is 1.26 bits per heavy atom. The highest BCUT2D eigenvalue weighted by Gasteiger charge is 2.47. The average Bonchev–Trinajstić information content (AvgIpc) is 2.25. The van der Waals surface area contributed by atoms with E-state index in [1.807, 2.05) is 4.90 Å². The maximum atomic E-state index is 13.0. The third-order valence-corrected chi connectivity index (χ3v) is 5.31. The van der Waals surface area contributed by atoms with Crippen LogP contribution < -0.4 is 0 Å². The normalized spacial score (nSPS) is 33.4. The second kappa shape index (κ2) is 5.08. The summed E-state index contributed by atoms with van der Waals surface area (Å²) >= 11 is 0. The van der Waals surface area contributed by atoms with Crippen LogP contribution >= 0.6 is 0 Å². The monoisotopic (exact) mass is 269 g/mol. The summed E-state index contributed by atoms with van der Waals surface area (Å²) in [5.74, 6) is 0.238. The third-order valence-electron chi connectivity index (χ3n) is 5.31. The van der Waals surface area contributed by atoms with E-state index < -0.39 is 0 Å². The smallest absolute Gasteiger partial charge is 0.229 e. The van der Waals surface area contributed by atoms with E-state index >= 15 is 0 Å². The molecular formula is C16H31NO2. The summed E-state index contributed by atoms with van der Waals surface area (Å²) in [6.45, 7) is 18.8. The van der Waals surface area contributed by atoms with Gasteiger partial charge >= 0.3 is 0 Å². The molecule has 0 aromatic carbocycles. The van der Waals surface area contributed by atoms with E-state index in [2.05, 4.69) is 62.3 Å². The number of amides is 1. The predicted molar refractivity (Wildman–Crippen MR) is 79.0 cm³/mol. The van der Waals surface area contributed by atoms with Crippen molar-refractivity contribution in [1.29, 1.82) is 0 Å². The van der Waals surface area contributed by atoms with Crippen LogP contribution in [0, 0.1) is 10.8 Å². The third kappa shape index (κ3) is 2.81. The molecule has 0 aromatic heterocycles. The van der Waals surface area contributed by atoms with Gasteiger partial charge in [0.15, 0.2) is 0 Å². The van der Waals surface area contributed by atoms with E-state index in [-0.39, 0.29) is 41.0 Å². The molecule has 1 amide bonds. The largest absolute Gasteiger partial charge is 0.371 e. The summed E-state index contributed by atoms with van der Waals surface area (Å²) in [4.78, 5) is 15.1. The van der Waals surface area contributed by atoms with E-state index in [9.17, 15) is 4.79 Å². The van der Waals surface area contributed by atoms with Crippen LogP contribution in [-0.2, 0) is 9.53 Å². The van der Waals surface area contributed by atoms with Crippen molar-refractivity contribution in [2.24, 2.45) is 10.8 Å². The van der Waals surface area contributed by atoms with Crippen LogP contribution in [0.15, 0.2) is 0 Å². The molecule has 0 bridgehead atoms. The van der Waals surface area contributed by atoms with Crippen molar-refractivity contribution >= 4 is 5.91 Å². The van der Waals surface area contributed by atoms with Gasteiger partial charge in [-0.2, -0.15) is 0 Å². The standard InChI is InChI=1S/C16H31NO2/c1-10-12(3)19-13(4)11(2)17(10)14(18)16(8,9)15(5,6)7/h10-13H,1-9H3. The van der Waals surface area contributed by atoms with Crippen molar-refractivity contribution in [3.63, 3.8) is 0 Å². The topological polar surface area (TPSA) is 29.5 Å². The Bertz CT molecular complexity index is 329. The number of carbonyl (C=O) groups is 1. The second-order valence-electron chi connectivity index (χ2n) is 7.61. The van der Waals surface area contributed by atoms with Crippen molar-refractivity contribution in [3.8, 4) is 0 Å². The fraction of sp³-hybridized carbons (Fsp3) is 0.938. The number of carbonyl (C=O) groups excluding carboxylic acids is 1. The number of nitrogens with zero attached hydrogens (tertiary/aromatic N) is 1. The second-order valence-corrected chi connectivity index (χ2v) is 7.61. The Hall–Kier alpha value is -0.570. The van der Waals surface area contributed by atoms with Gasteiger partial charge in [-0.15, -0.1) is 0 Å². The van der Waals surface area contributed by atoms with Crippen LogP contribution in [0.3, 0.4) is 0 Å². The van der Waals surface area contributed by atoms with E-state index in [4.69, 9.17) is 4.74 Å². The average molecular weight is 269 g/mol. The van der Waals surface area contributed by atoms with Crippen molar-refractivity contribution in [3.05, 3.63) is 0 Å². The van der Waals surface area contributed by atoms with Crippen molar-refractivity contribution < 1.29 is 9.53 Å². The molecule has 1 fully saturated rings. The molecule has 1 rings (SSSR count). The first-order valence-corrected chi connectivity index (χ1v) is 7.39. The fourth-order valence-electron chi connectivity index (χ4n) is 2.40. The van der Waals surface area contributed by atoms with Gasteiger partial charge in [0, 0.05) is 5.41 Å². The highest BCUT2D eigenvalue weighted by atomic mass is 16.5. The van der Waals surface area contributed by atoms with E-state index in [0.717, 1.165) is 0 Å². The highest BCUT2D eigenvalue weighted by molar-refractivity contribution is 5.83. The Morgan fingerprint density at radius 3 is 1.58 bits per heavy atom. The summed E-state index contributed by atoms with van der Waals surface area (Å²) in [7, 11) is 0. The van der Waals surface area contributed by atoms with E-state index in [0.29, 0.717) is 0 Å². The molecule has 112 valence electrons. The van der Waals surface area contributed by atoms with Gasteiger partial charge in [-0.05, 0) is 33.1 Å². The summed E-state index contributed by atoms with van der Waals surface area (Å²) < 4.78 is 5.90. The quantitative estimate of drug-likeness (QED) is 0.729. The number of hydrogen-bond acceptors (Lipinski definition) is 2. The summed E-state index contributed by atoms with van der Waals surface area (Å²) in [6, 6.07) is 0.251.